The Bertz CT molecular complexity index is 732. The van der Waals surface area contributed by atoms with Crippen LogP contribution in [-0.4, -0.2) is 82.6 Å². The Labute approximate surface area is 185 Å². The van der Waals surface area contributed by atoms with E-state index in [9.17, 15) is 33.9 Å². The van der Waals surface area contributed by atoms with Gasteiger partial charge in [0.25, 0.3) is 23.6 Å². The summed E-state index contributed by atoms with van der Waals surface area (Å²) in [6.45, 7) is 2.42. The zero-order valence-corrected chi connectivity index (χ0v) is 17.9. The minimum Gasteiger partial charge on any atom is -0.393 e. The van der Waals surface area contributed by atoms with Crippen molar-refractivity contribution in [3.63, 3.8) is 0 Å². The Morgan fingerprint density at radius 2 is 1.16 bits per heavy atom. The van der Waals surface area contributed by atoms with Gasteiger partial charge in [0.2, 0.25) is 11.8 Å². The molecule has 2 rings (SSSR count). The van der Waals surface area contributed by atoms with Crippen LogP contribution in [0.4, 0.5) is 0 Å². The highest BCUT2D eigenvalue weighted by Gasteiger charge is 2.24. The minimum atomic E-state index is -0.691. The van der Waals surface area contributed by atoms with E-state index in [2.05, 4.69) is 10.6 Å². The summed E-state index contributed by atoms with van der Waals surface area (Å²) in [4.78, 5) is 71.4. The molecule has 0 aromatic carbocycles. The Morgan fingerprint density at radius 1 is 0.781 bits per heavy atom. The molecule has 0 unspecified atom stereocenters. The fourth-order valence-electron chi connectivity index (χ4n) is 3.18. The van der Waals surface area contributed by atoms with E-state index in [1.807, 2.05) is 6.92 Å². The number of carbonyl (C=O) groups excluding carboxylic acids is 6. The molecule has 32 heavy (non-hydrogen) atoms. The van der Waals surface area contributed by atoms with Gasteiger partial charge in [0.15, 0.2) is 0 Å². The van der Waals surface area contributed by atoms with Crippen LogP contribution in [0.25, 0.3) is 0 Å². The van der Waals surface area contributed by atoms with Crippen LogP contribution in [0.15, 0.2) is 24.3 Å². The van der Waals surface area contributed by atoms with Gasteiger partial charge in [0, 0.05) is 63.3 Å². The van der Waals surface area contributed by atoms with Crippen molar-refractivity contribution < 1.29 is 33.9 Å². The summed E-state index contributed by atoms with van der Waals surface area (Å²) in [6, 6.07) is 0. The lowest BCUT2D eigenvalue weighted by Gasteiger charge is -2.20. The molecule has 0 aliphatic carbocycles. The molecule has 2 atom stereocenters. The van der Waals surface area contributed by atoms with Gasteiger partial charge in [0.05, 0.1) is 6.10 Å². The average molecular weight is 448 g/mol. The number of hydrogen-bond acceptors (Lipinski definition) is 7. The molecule has 174 valence electrons. The number of nitrogens with one attached hydrogen (secondary N) is 2. The summed E-state index contributed by atoms with van der Waals surface area (Å²) in [5, 5.41) is 15.6. The van der Waals surface area contributed by atoms with Crippen LogP contribution >= 0.6 is 0 Å². The van der Waals surface area contributed by atoms with Crippen molar-refractivity contribution in [1.29, 1.82) is 0 Å². The third kappa shape index (κ3) is 7.41. The number of carbonyl (C=O) groups is 6. The lowest BCUT2D eigenvalue weighted by Crippen LogP contribution is -2.36. The van der Waals surface area contributed by atoms with Crippen LogP contribution in [0.1, 0.15) is 32.6 Å². The molecule has 0 saturated heterocycles. The Hall–Kier alpha value is -3.34. The first kappa shape index (κ1) is 24.9. The van der Waals surface area contributed by atoms with E-state index in [0.717, 1.165) is 22.0 Å². The first-order valence-corrected chi connectivity index (χ1v) is 10.5. The largest absolute Gasteiger partial charge is 0.393 e. The molecule has 0 spiro atoms. The molecule has 2 aliphatic rings. The first-order chi connectivity index (χ1) is 15.2. The van der Waals surface area contributed by atoms with Crippen molar-refractivity contribution in [1.82, 2.24) is 20.4 Å². The van der Waals surface area contributed by atoms with Crippen molar-refractivity contribution in [3.05, 3.63) is 24.3 Å². The van der Waals surface area contributed by atoms with Gasteiger partial charge in [-0.25, -0.2) is 0 Å². The number of aliphatic hydroxyl groups is 1. The van der Waals surface area contributed by atoms with E-state index in [4.69, 9.17) is 0 Å². The highest BCUT2D eigenvalue weighted by atomic mass is 16.3. The molecular formula is C21H28N4O7. The standard InChI is InChI=1S/C21H28N4O7/c1-14(6-10-22-16(27)8-12-24-18(29)2-3-19(24)30)15(26)7-11-23-17(28)9-13-25-20(31)4-5-21(25)32/h2-5,14-15,26H,6-13H2,1H3,(H,22,27)(H,23,28)/t14-,15-/m1/s1. The third-order valence-electron chi connectivity index (χ3n) is 5.27. The van der Waals surface area contributed by atoms with E-state index in [1.165, 1.54) is 12.2 Å². The lowest BCUT2D eigenvalue weighted by molar-refractivity contribution is -0.139. The molecule has 6 amide bonds. The second-order valence-corrected chi connectivity index (χ2v) is 7.64. The molecule has 0 fully saturated rings. The molecule has 0 aromatic heterocycles. The van der Waals surface area contributed by atoms with Crippen molar-refractivity contribution in [3.8, 4) is 0 Å². The summed E-state index contributed by atoms with van der Waals surface area (Å²) in [5.74, 6) is -2.48. The van der Waals surface area contributed by atoms with Gasteiger partial charge in [0.1, 0.15) is 0 Å². The van der Waals surface area contributed by atoms with Crippen molar-refractivity contribution >= 4 is 35.4 Å². The van der Waals surface area contributed by atoms with E-state index >= 15 is 0 Å². The van der Waals surface area contributed by atoms with E-state index < -0.39 is 29.7 Å². The SMILES string of the molecule is C[C@H](CCNC(=O)CCN1C(=O)C=CC1=O)[C@H](O)CCNC(=O)CCN1C(=O)C=CC1=O. The van der Waals surface area contributed by atoms with Gasteiger partial charge in [-0.1, -0.05) is 6.92 Å². The van der Waals surface area contributed by atoms with Crippen molar-refractivity contribution in [2.45, 2.75) is 38.7 Å². The summed E-state index contributed by atoms with van der Waals surface area (Å²) in [6.07, 6.45) is 4.78. The lowest BCUT2D eigenvalue weighted by atomic mass is 9.98. The highest BCUT2D eigenvalue weighted by Crippen LogP contribution is 2.11. The smallest absolute Gasteiger partial charge is 0.253 e. The van der Waals surface area contributed by atoms with Gasteiger partial charge in [-0.3, -0.25) is 38.6 Å². The number of rotatable bonds is 13. The fraction of sp³-hybridized carbons (Fsp3) is 0.524. The van der Waals surface area contributed by atoms with E-state index in [-0.39, 0.29) is 50.2 Å². The molecule has 0 radical (unpaired) electrons. The topological polar surface area (TPSA) is 153 Å². The van der Waals surface area contributed by atoms with Gasteiger partial charge in [-0.2, -0.15) is 0 Å². The quantitative estimate of drug-likeness (QED) is 0.294. The highest BCUT2D eigenvalue weighted by molar-refractivity contribution is 6.13. The molecular weight excluding hydrogens is 420 g/mol. The Balaban J connectivity index is 1.53. The van der Waals surface area contributed by atoms with Gasteiger partial charge >= 0.3 is 0 Å². The summed E-state index contributed by atoms with van der Waals surface area (Å²) >= 11 is 0. The zero-order valence-electron chi connectivity index (χ0n) is 17.9. The van der Waals surface area contributed by atoms with Crippen LogP contribution in [0.5, 0.6) is 0 Å². The van der Waals surface area contributed by atoms with Crippen molar-refractivity contribution in [2.24, 2.45) is 5.92 Å². The van der Waals surface area contributed by atoms with Crippen LogP contribution < -0.4 is 10.6 Å². The Kier molecular flexibility index (Phi) is 9.26. The predicted octanol–water partition coefficient (Wildman–Crippen LogP) is -1.37. The van der Waals surface area contributed by atoms with Crippen LogP contribution in [0.2, 0.25) is 0 Å². The number of hydrogen-bond donors (Lipinski definition) is 3. The normalized spacial score (nSPS) is 17.3. The van der Waals surface area contributed by atoms with Crippen LogP contribution in [0.3, 0.4) is 0 Å². The summed E-state index contributed by atoms with van der Waals surface area (Å²) < 4.78 is 0. The molecule has 0 bridgehead atoms. The number of nitrogens with zero attached hydrogens (tertiary/aromatic N) is 2. The monoisotopic (exact) mass is 448 g/mol. The predicted molar refractivity (Wildman–Crippen MR) is 111 cm³/mol. The Morgan fingerprint density at radius 3 is 1.56 bits per heavy atom. The molecule has 3 N–H and O–H groups in total. The van der Waals surface area contributed by atoms with E-state index in [0.29, 0.717) is 19.4 Å². The maximum Gasteiger partial charge on any atom is 0.253 e. The molecule has 0 aromatic rings. The third-order valence-corrected chi connectivity index (χ3v) is 5.27. The average Bonchev–Trinajstić information content (AvgIpc) is 3.24. The molecule has 11 nitrogen and oxygen atoms in total. The maximum absolute atomic E-state index is 11.9. The second kappa shape index (κ2) is 11.9. The maximum atomic E-state index is 11.9. The minimum absolute atomic E-state index is 0.00570. The number of aliphatic hydroxyl groups excluding tert-OH is 1. The molecule has 2 heterocycles. The van der Waals surface area contributed by atoms with Gasteiger partial charge in [-0.15, -0.1) is 0 Å². The fourth-order valence-corrected chi connectivity index (χ4v) is 3.18. The molecule has 2 aliphatic heterocycles. The van der Waals surface area contributed by atoms with Crippen LogP contribution in [0, 0.1) is 5.92 Å². The molecule has 0 saturated carbocycles. The number of amides is 6. The molecule has 11 heteroatoms. The van der Waals surface area contributed by atoms with Gasteiger partial charge in [-0.05, 0) is 18.8 Å². The van der Waals surface area contributed by atoms with Gasteiger partial charge < -0.3 is 15.7 Å². The number of imide groups is 2. The van der Waals surface area contributed by atoms with Crippen molar-refractivity contribution in [2.75, 3.05) is 26.2 Å². The second-order valence-electron chi connectivity index (χ2n) is 7.64. The van der Waals surface area contributed by atoms with Crippen LogP contribution in [-0.2, 0) is 28.8 Å². The summed E-state index contributed by atoms with van der Waals surface area (Å²) in [5.41, 5.74) is 0. The summed E-state index contributed by atoms with van der Waals surface area (Å²) in [7, 11) is 0. The van der Waals surface area contributed by atoms with E-state index in [1.54, 1.807) is 0 Å². The zero-order chi connectivity index (χ0) is 23.7. The first-order valence-electron chi connectivity index (χ1n) is 10.5.